The zero-order valence-corrected chi connectivity index (χ0v) is 13.7. The Hall–Kier alpha value is -0.960. The minimum atomic E-state index is -0.491. The summed E-state index contributed by atoms with van der Waals surface area (Å²) < 4.78 is 31.4. The lowest BCUT2D eigenvalue weighted by Gasteiger charge is -2.06. The Morgan fingerprint density at radius 3 is 2.85 bits per heavy atom. The molecule has 0 unspecified atom stereocenters. The van der Waals surface area contributed by atoms with Crippen LogP contribution in [-0.2, 0) is 11.3 Å². The molecule has 1 aromatic carbocycles. The fourth-order valence-electron chi connectivity index (χ4n) is 1.43. The van der Waals surface area contributed by atoms with Crippen molar-refractivity contribution in [3.05, 3.63) is 35.4 Å². The van der Waals surface area contributed by atoms with Crippen molar-refractivity contribution in [2.75, 3.05) is 19.8 Å². The summed E-state index contributed by atoms with van der Waals surface area (Å²) in [4.78, 5) is 3.95. The maximum Gasteiger partial charge on any atom is 0.188 e. The average Bonchev–Trinajstić information content (AvgIpc) is 2.39. The molecule has 0 bridgehead atoms. The van der Waals surface area contributed by atoms with E-state index in [4.69, 9.17) is 10.5 Å². The van der Waals surface area contributed by atoms with E-state index in [-0.39, 0.29) is 42.0 Å². The Morgan fingerprint density at radius 1 is 1.40 bits per heavy atom. The van der Waals surface area contributed by atoms with Crippen LogP contribution >= 0.6 is 24.0 Å². The molecular formula is C13H20F2IN3O. The molecule has 0 spiro atoms. The Morgan fingerprint density at radius 2 is 2.15 bits per heavy atom. The van der Waals surface area contributed by atoms with Gasteiger partial charge < -0.3 is 15.8 Å². The number of nitrogens with two attached hydrogens (primary N) is 1. The van der Waals surface area contributed by atoms with Crippen molar-refractivity contribution in [3.8, 4) is 0 Å². The number of benzene rings is 1. The lowest BCUT2D eigenvalue weighted by atomic mass is 10.2. The highest BCUT2D eigenvalue weighted by atomic mass is 127. The first-order chi connectivity index (χ1) is 9.13. The number of guanidine groups is 1. The van der Waals surface area contributed by atoms with E-state index < -0.39 is 11.6 Å². The summed E-state index contributed by atoms with van der Waals surface area (Å²) >= 11 is 0. The maximum atomic E-state index is 13.3. The maximum absolute atomic E-state index is 13.3. The molecule has 1 rings (SSSR count). The van der Waals surface area contributed by atoms with Crippen LogP contribution in [-0.4, -0.2) is 25.7 Å². The monoisotopic (exact) mass is 399 g/mol. The summed E-state index contributed by atoms with van der Waals surface area (Å²) in [5.41, 5.74) is 5.79. The van der Waals surface area contributed by atoms with Crippen LogP contribution in [0.25, 0.3) is 0 Å². The SMILES string of the molecule is CCOCCCNC(N)=NCc1cc(F)ccc1F.I. The van der Waals surface area contributed by atoms with E-state index in [0.717, 1.165) is 24.6 Å². The summed E-state index contributed by atoms with van der Waals surface area (Å²) in [5, 5.41) is 2.88. The van der Waals surface area contributed by atoms with Gasteiger partial charge in [-0.25, -0.2) is 13.8 Å². The zero-order chi connectivity index (χ0) is 14.1. The van der Waals surface area contributed by atoms with Gasteiger partial charge in [-0.1, -0.05) is 0 Å². The number of nitrogens with zero attached hydrogens (tertiary/aromatic N) is 1. The van der Waals surface area contributed by atoms with Gasteiger partial charge in [0, 0.05) is 25.3 Å². The van der Waals surface area contributed by atoms with E-state index in [2.05, 4.69) is 10.3 Å². The fraction of sp³-hybridized carbons (Fsp3) is 0.462. The van der Waals surface area contributed by atoms with E-state index in [1.54, 1.807) is 0 Å². The Balaban J connectivity index is 0.00000361. The van der Waals surface area contributed by atoms with Gasteiger partial charge in [0.2, 0.25) is 0 Å². The van der Waals surface area contributed by atoms with E-state index in [9.17, 15) is 8.78 Å². The van der Waals surface area contributed by atoms with Crippen LogP contribution in [0.4, 0.5) is 8.78 Å². The second-order valence-electron chi connectivity index (χ2n) is 3.91. The van der Waals surface area contributed by atoms with Gasteiger partial charge in [-0.2, -0.15) is 0 Å². The zero-order valence-electron chi connectivity index (χ0n) is 11.4. The van der Waals surface area contributed by atoms with Gasteiger partial charge in [-0.05, 0) is 31.5 Å². The average molecular weight is 399 g/mol. The fourth-order valence-corrected chi connectivity index (χ4v) is 1.43. The quantitative estimate of drug-likeness (QED) is 0.321. The molecular weight excluding hydrogens is 379 g/mol. The third-order valence-corrected chi connectivity index (χ3v) is 2.40. The van der Waals surface area contributed by atoms with Gasteiger partial charge in [-0.3, -0.25) is 0 Å². The molecule has 114 valence electrons. The van der Waals surface area contributed by atoms with Gasteiger partial charge in [0.15, 0.2) is 5.96 Å². The Kier molecular flexibility index (Phi) is 10.3. The van der Waals surface area contributed by atoms with Crippen molar-refractivity contribution < 1.29 is 13.5 Å². The second kappa shape index (κ2) is 10.8. The van der Waals surface area contributed by atoms with Crippen molar-refractivity contribution in [2.45, 2.75) is 19.9 Å². The van der Waals surface area contributed by atoms with Crippen molar-refractivity contribution in [2.24, 2.45) is 10.7 Å². The molecule has 0 fully saturated rings. The van der Waals surface area contributed by atoms with Crippen LogP contribution in [0.3, 0.4) is 0 Å². The number of halogens is 3. The van der Waals surface area contributed by atoms with E-state index in [1.807, 2.05) is 6.92 Å². The summed E-state index contributed by atoms with van der Waals surface area (Å²) in [6.07, 6.45) is 0.804. The number of rotatable bonds is 7. The molecule has 0 atom stereocenters. The van der Waals surface area contributed by atoms with Gasteiger partial charge >= 0.3 is 0 Å². The molecule has 1 aromatic rings. The van der Waals surface area contributed by atoms with Gasteiger partial charge in [-0.15, -0.1) is 24.0 Å². The van der Waals surface area contributed by atoms with Crippen LogP contribution in [0.2, 0.25) is 0 Å². The number of hydrogen-bond acceptors (Lipinski definition) is 2. The molecule has 0 aliphatic heterocycles. The largest absolute Gasteiger partial charge is 0.382 e. The highest BCUT2D eigenvalue weighted by Crippen LogP contribution is 2.10. The van der Waals surface area contributed by atoms with Crippen molar-refractivity contribution in [1.29, 1.82) is 0 Å². The molecule has 0 aliphatic rings. The molecule has 0 saturated heterocycles. The predicted molar refractivity (Wildman–Crippen MR) is 86.2 cm³/mol. The standard InChI is InChI=1S/C13H19F2N3O.HI/c1-2-19-7-3-6-17-13(16)18-9-10-8-11(14)4-5-12(10)15;/h4-5,8H,2-3,6-7,9H2,1H3,(H3,16,17,18);1H. The third kappa shape index (κ3) is 7.59. The first kappa shape index (κ1) is 19.0. The van der Waals surface area contributed by atoms with Crippen LogP contribution in [0, 0.1) is 11.6 Å². The Bertz CT molecular complexity index is 430. The summed E-state index contributed by atoms with van der Waals surface area (Å²) in [6, 6.07) is 3.25. The summed E-state index contributed by atoms with van der Waals surface area (Å²) in [6.45, 7) is 3.89. The highest BCUT2D eigenvalue weighted by molar-refractivity contribution is 14.0. The number of nitrogens with one attached hydrogen (secondary N) is 1. The molecule has 0 saturated carbocycles. The predicted octanol–water partition coefficient (Wildman–Crippen LogP) is 2.41. The number of hydrogen-bond donors (Lipinski definition) is 2. The van der Waals surface area contributed by atoms with Crippen LogP contribution in [0.15, 0.2) is 23.2 Å². The van der Waals surface area contributed by atoms with Crippen LogP contribution in [0.5, 0.6) is 0 Å². The molecule has 0 heterocycles. The summed E-state index contributed by atoms with van der Waals surface area (Å²) in [5.74, 6) is -0.774. The molecule has 7 heteroatoms. The van der Waals surface area contributed by atoms with E-state index in [0.29, 0.717) is 19.8 Å². The van der Waals surface area contributed by atoms with Crippen LogP contribution in [0.1, 0.15) is 18.9 Å². The normalized spacial score (nSPS) is 11.1. The minimum absolute atomic E-state index is 0. The number of ether oxygens (including phenoxy) is 1. The molecule has 0 amide bonds. The smallest absolute Gasteiger partial charge is 0.188 e. The molecule has 3 N–H and O–H groups in total. The molecule has 0 aliphatic carbocycles. The van der Waals surface area contributed by atoms with Gasteiger partial charge in [0.1, 0.15) is 11.6 Å². The van der Waals surface area contributed by atoms with Crippen molar-refractivity contribution in [3.63, 3.8) is 0 Å². The molecule has 4 nitrogen and oxygen atoms in total. The van der Waals surface area contributed by atoms with E-state index in [1.165, 1.54) is 0 Å². The molecule has 20 heavy (non-hydrogen) atoms. The first-order valence-corrected chi connectivity index (χ1v) is 6.19. The van der Waals surface area contributed by atoms with Gasteiger partial charge in [0.25, 0.3) is 0 Å². The topological polar surface area (TPSA) is 59.6 Å². The minimum Gasteiger partial charge on any atom is -0.382 e. The molecule has 0 radical (unpaired) electrons. The Labute approximate surface area is 134 Å². The lowest BCUT2D eigenvalue weighted by Crippen LogP contribution is -2.32. The van der Waals surface area contributed by atoms with Crippen LogP contribution < -0.4 is 11.1 Å². The molecule has 0 aromatic heterocycles. The number of aliphatic imine (C=N–C) groups is 1. The third-order valence-electron chi connectivity index (χ3n) is 2.40. The summed E-state index contributed by atoms with van der Waals surface area (Å²) in [7, 11) is 0. The van der Waals surface area contributed by atoms with Crippen molar-refractivity contribution in [1.82, 2.24) is 5.32 Å². The first-order valence-electron chi connectivity index (χ1n) is 6.19. The second-order valence-corrected chi connectivity index (χ2v) is 3.91. The van der Waals surface area contributed by atoms with E-state index >= 15 is 0 Å². The highest BCUT2D eigenvalue weighted by Gasteiger charge is 2.03. The van der Waals surface area contributed by atoms with Gasteiger partial charge in [0.05, 0.1) is 6.54 Å². The lowest BCUT2D eigenvalue weighted by molar-refractivity contribution is 0.145. The van der Waals surface area contributed by atoms with Crippen molar-refractivity contribution >= 4 is 29.9 Å².